The van der Waals surface area contributed by atoms with Crippen molar-refractivity contribution in [2.24, 2.45) is 63.1 Å². The van der Waals surface area contributed by atoms with E-state index in [1.54, 1.807) is 0 Å². The zero-order chi connectivity index (χ0) is 39.8. The first-order chi connectivity index (χ1) is 26.8. The lowest BCUT2D eigenvalue weighted by Crippen LogP contribution is -2.56. The summed E-state index contributed by atoms with van der Waals surface area (Å²) in [5.41, 5.74) is 0.952. The minimum atomic E-state index is -0.823. The van der Waals surface area contributed by atoms with E-state index >= 15 is 0 Å². The van der Waals surface area contributed by atoms with Crippen LogP contribution in [0.3, 0.4) is 0 Å². The van der Waals surface area contributed by atoms with Crippen LogP contribution in [0.5, 0.6) is 5.75 Å². The Morgan fingerprint density at radius 2 is 1.71 bits per heavy atom. The van der Waals surface area contributed by atoms with Crippen LogP contribution >= 0.6 is 0 Å². The van der Waals surface area contributed by atoms with E-state index in [9.17, 15) is 19.7 Å². The number of ether oxygens (including phenoxy) is 5. The molecular weight excluding hydrogens is 712 g/mol. The largest absolute Gasteiger partial charge is 0.513 e. The Morgan fingerprint density at radius 3 is 2.43 bits per heavy atom. The number of carbonyl (C=O) groups excluding carboxylic acids is 2. The summed E-state index contributed by atoms with van der Waals surface area (Å²) in [6.07, 6.45) is 19.3. The molecule has 2 heterocycles. The lowest BCUT2D eigenvalue weighted by atomic mass is 9.46. The first-order valence-electron chi connectivity index (χ1n) is 21.4. The molecule has 8 aliphatic rings. The van der Waals surface area contributed by atoms with Gasteiger partial charge in [-0.2, -0.15) is 0 Å². The molecule has 13 atom stereocenters. The monoisotopic (exact) mass is 774 g/mol. The Hall–Kier alpha value is -3.20. The number of fused-ring (bicyclic) bond motifs is 4. The van der Waals surface area contributed by atoms with Gasteiger partial charge in [0.1, 0.15) is 12.4 Å². The van der Waals surface area contributed by atoms with Gasteiger partial charge in [0.2, 0.25) is 5.91 Å². The zero-order valence-corrected chi connectivity index (χ0v) is 34.0. The molecule has 1 aromatic rings. The first kappa shape index (κ1) is 39.6. The molecule has 306 valence electrons. The number of non-ortho nitro benzene ring substituents is 1. The van der Waals surface area contributed by atoms with Crippen molar-refractivity contribution < 1.29 is 38.2 Å². The summed E-state index contributed by atoms with van der Waals surface area (Å²) in [7, 11) is 0. The summed E-state index contributed by atoms with van der Waals surface area (Å²) in [4.78, 5) is 37.9. The van der Waals surface area contributed by atoms with Gasteiger partial charge in [-0.15, -0.1) is 12.8 Å². The highest BCUT2D eigenvalue weighted by Crippen LogP contribution is 2.89. The summed E-state index contributed by atoms with van der Waals surface area (Å²) in [5.74, 6) is 4.68. The Kier molecular flexibility index (Phi) is 10.3. The average Bonchev–Trinajstić information content (AvgIpc) is 4.06. The number of rotatable bonds is 8. The highest BCUT2D eigenvalue weighted by molar-refractivity contribution is 5.76. The number of morpholine rings is 1. The van der Waals surface area contributed by atoms with Gasteiger partial charge in [-0.25, -0.2) is 4.79 Å². The Labute approximate surface area is 332 Å². The topological polar surface area (TPSA) is 127 Å². The van der Waals surface area contributed by atoms with E-state index in [1.807, 2.05) is 4.90 Å². The molecule has 0 bridgehead atoms. The van der Waals surface area contributed by atoms with E-state index in [1.165, 1.54) is 69.2 Å². The molecule has 0 radical (unpaired) electrons. The van der Waals surface area contributed by atoms with Crippen molar-refractivity contribution in [3.8, 4) is 18.6 Å². The third kappa shape index (κ3) is 6.27. The molecule has 6 aliphatic carbocycles. The van der Waals surface area contributed by atoms with Gasteiger partial charge >= 0.3 is 6.16 Å². The fraction of sp³-hybridized carbons (Fsp3) is 0.778. The number of amides is 1. The van der Waals surface area contributed by atoms with Crippen LogP contribution in [-0.2, 0) is 23.7 Å². The molecule has 0 aromatic heterocycles. The van der Waals surface area contributed by atoms with Crippen molar-refractivity contribution in [3.63, 3.8) is 0 Å². The molecule has 56 heavy (non-hydrogen) atoms. The van der Waals surface area contributed by atoms with Crippen LogP contribution in [-0.4, -0.2) is 72.8 Å². The van der Waals surface area contributed by atoms with Crippen molar-refractivity contribution in [2.45, 2.75) is 130 Å². The van der Waals surface area contributed by atoms with E-state index in [4.69, 9.17) is 23.7 Å². The number of carbonyl (C=O) groups is 2. The summed E-state index contributed by atoms with van der Waals surface area (Å²) in [6, 6.07) is 5.40. The predicted octanol–water partition coefficient (Wildman–Crippen LogP) is 8.43. The van der Waals surface area contributed by atoms with Crippen molar-refractivity contribution in [1.29, 1.82) is 0 Å². The van der Waals surface area contributed by atoms with E-state index in [-0.39, 0.29) is 59.4 Å². The minimum Gasteiger partial charge on any atom is -0.431 e. The Balaban J connectivity index is 0.00000217. The maximum Gasteiger partial charge on any atom is 0.513 e. The van der Waals surface area contributed by atoms with Gasteiger partial charge < -0.3 is 28.6 Å². The molecule has 5 unspecified atom stereocenters. The third-order valence-corrected chi connectivity index (χ3v) is 17.1. The lowest BCUT2D eigenvalue weighted by Gasteiger charge is -2.60. The molecule has 8 fully saturated rings. The van der Waals surface area contributed by atoms with Gasteiger partial charge in [-0.3, -0.25) is 14.9 Å². The van der Waals surface area contributed by atoms with Gasteiger partial charge in [0.15, 0.2) is 6.29 Å². The number of terminal acetylenes is 1. The van der Waals surface area contributed by atoms with E-state index < -0.39 is 11.1 Å². The fourth-order valence-electron chi connectivity index (χ4n) is 14.7. The van der Waals surface area contributed by atoms with Crippen LogP contribution in [0.25, 0.3) is 0 Å². The van der Waals surface area contributed by atoms with Crippen LogP contribution in [0.15, 0.2) is 24.3 Å². The van der Waals surface area contributed by atoms with Crippen LogP contribution < -0.4 is 4.74 Å². The standard InChI is InChI=1S/C43H60N2O9.C2H2/c1-25-20-30(24-51-39(47)53-29-10-8-28(9-11-29)45(48)49)52-33-22-32-31-12-13-34-40(3,4)35(54-37-23-44(18-19-50-37)36(46)21-27-6-7-27)14-15-43(34)26(2)42(31,43)17-16-41(32,5)38(25)33;1-2/h8-11,25-27,30-35,37-38H,6-7,12-24H2,1-5H3;1-2H/t25-,26+,30-,31+,32?,33-,34?,35+,37?,38?,41+,42+,43?;/m1./s1. The molecule has 0 N–H and O–H groups in total. The number of hydrogen-bond acceptors (Lipinski definition) is 9. The predicted molar refractivity (Wildman–Crippen MR) is 208 cm³/mol. The van der Waals surface area contributed by atoms with Crippen LogP contribution in [0, 0.1) is 86.0 Å². The second kappa shape index (κ2) is 14.6. The molecule has 2 aliphatic heterocycles. The van der Waals surface area contributed by atoms with E-state index in [0.717, 1.165) is 19.3 Å². The number of nitro groups is 1. The molecule has 2 spiro atoms. The van der Waals surface area contributed by atoms with Crippen LogP contribution in [0.2, 0.25) is 0 Å². The van der Waals surface area contributed by atoms with Crippen molar-refractivity contribution in [1.82, 2.24) is 4.90 Å². The summed E-state index contributed by atoms with van der Waals surface area (Å²) in [5, 5.41) is 11.0. The maximum absolute atomic E-state index is 12.9. The zero-order valence-electron chi connectivity index (χ0n) is 34.0. The summed E-state index contributed by atoms with van der Waals surface area (Å²) >= 11 is 0. The van der Waals surface area contributed by atoms with Crippen molar-refractivity contribution in [3.05, 3.63) is 34.4 Å². The molecule has 6 saturated carbocycles. The molecule has 11 nitrogen and oxygen atoms in total. The third-order valence-electron chi connectivity index (χ3n) is 17.1. The lowest BCUT2D eigenvalue weighted by molar-refractivity contribution is -0.384. The summed E-state index contributed by atoms with van der Waals surface area (Å²) < 4.78 is 30.7. The molecule has 2 saturated heterocycles. The highest BCUT2D eigenvalue weighted by Gasteiger charge is 2.85. The van der Waals surface area contributed by atoms with E-state index in [2.05, 4.69) is 47.5 Å². The molecule has 1 aromatic carbocycles. The highest BCUT2D eigenvalue weighted by atomic mass is 16.7. The minimum absolute atomic E-state index is 0.0273. The maximum atomic E-state index is 12.9. The van der Waals surface area contributed by atoms with Crippen molar-refractivity contribution in [2.75, 3.05) is 26.3 Å². The number of nitro benzene ring substituents is 1. The molecule has 1 amide bonds. The second-order valence-corrected chi connectivity index (χ2v) is 19.6. The van der Waals surface area contributed by atoms with Gasteiger partial charge in [0.25, 0.3) is 5.69 Å². The molecule has 11 heteroatoms. The molecule has 9 rings (SSSR count). The SMILES string of the molecule is C#C.C[C@@H]1C[C@H](COC(=O)Oc2ccc([N+](=O)[O-])cc2)O[C@@H]2CC3[C@@H]4CCC5C(C)(C)[C@@H](OC6CN(C(=O)CC7CC7)CCO6)CCC56[C@@H](C)[C@@]46CC[C@]3(C)C12. The second-order valence-electron chi connectivity index (χ2n) is 19.6. The normalized spacial score (nSPS) is 42.9. The van der Waals surface area contributed by atoms with Crippen molar-refractivity contribution >= 4 is 17.7 Å². The fourth-order valence-corrected chi connectivity index (χ4v) is 14.7. The molecular formula is C45H62N2O9. The van der Waals surface area contributed by atoms with Gasteiger partial charge in [-0.05, 0) is 139 Å². The number of benzene rings is 1. The van der Waals surface area contributed by atoms with Crippen LogP contribution in [0.1, 0.15) is 105 Å². The summed E-state index contributed by atoms with van der Waals surface area (Å²) in [6.45, 7) is 14.4. The quantitative estimate of drug-likeness (QED) is 0.0841. The van der Waals surface area contributed by atoms with Gasteiger partial charge in [0.05, 0.1) is 36.4 Å². The average molecular weight is 775 g/mol. The smallest absolute Gasteiger partial charge is 0.431 e. The van der Waals surface area contributed by atoms with E-state index in [0.29, 0.717) is 78.4 Å². The van der Waals surface area contributed by atoms with Gasteiger partial charge in [-0.1, -0.05) is 34.6 Å². The number of nitrogens with zero attached hydrogens (tertiary/aromatic N) is 2. The first-order valence-corrected chi connectivity index (χ1v) is 21.4. The van der Waals surface area contributed by atoms with Gasteiger partial charge in [0, 0.05) is 25.1 Å². The Bertz CT molecular complexity index is 1690. The Morgan fingerprint density at radius 1 is 0.964 bits per heavy atom. The number of hydrogen-bond donors (Lipinski definition) is 0. The van der Waals surface area contributed by atoms with Crippen LogP contribution in [0.4, 0.5) is 10.5 Å².